The number of rotatable bonds is 9. The molecular weight excluding hydrogens is 627 g/mol. The number of para-hydroxylation sites is 1. The lowest BCUT2D eigenvalue weighted by Crippen LogP contribution is -2.24. The van der Waals surface area contributed by atoms with E-state index in [0.29, 0.717) is 28.3 Å². The van der Waals surface area contributed by atoms with E-state index in [4.69, 9.17) is 9.47 Å². The van der Waals surface area contributed by atoms with Gasteiger partial charge in [0.25, 0.3) is 0 Å². The van der Waals surface area contributed by atoms with Gasteiger partial charge in [0, 0.05) is 10.0 Å². The first-order chi connectivity index (χ1) is 16.9. The number of methoxy groups -OCH3 is 1. The summed E-state index contributed by atoms with van der Waals surface area (Å²) in [5, 5.41) is 15.8. The van der Waals surface area contributed by atoms with Gasteiger partial charge in [0.05, 0.1) is 34.2 Å². The van der Waals surface area contributed by atoms with Crippen LogP contribution in [0.15, 0.2) is 70.2 Å². The van der Waals surface area contributed by atoms with Crippen LogP contribution in [0.4, 0.5) is 5.69 Å². The van der Waals surface area contributed by atoms with Gasteiger partial charge in [-0.05, 0) is 74.4 Å². The molecule has 2 N–H and O–H groups in total. The molecule has 35 heavy (non-hydrogen) atoms. The lowest BCUT2D eigenvalue weighted by atomic mass is 10.1. The predicted molar refractivity (Wildman–Crippen MR) is 144 cm³/mol. The highest BCUT2D eigenvalue weighted by Crippen LogP contribution is 2.34. The van der Waals surface area contributed by atoms with Gasteiger partial charge < -0.3 is 14.8 Å². The Morgan fingerprint density at radius 1 is 1.14 bits per heavy atom. The highest BCUT2D eigenvalue weighted by atomic mass is 127. The van der Waals surface area contributed by atoms with Crippen molar-refractivity contribution in [1.82, 2.24) is 5.43 Å². The van der Waals surface area contributed by atoms with Crippen molar-refractivity contribution in [2.75, 3.05) is 12.4 Å². The summed E-state index contributed by atoms with van der Waals surface area (Å²) in [7, 11) is 1.52. The van der Waals surface area contributed by atoms with Crippen LogP contribution in [0.1, 0.15) is 23.1 Å². The second-order valence-corrected chi connectivity index (χ2v) is 9.11. The monoisotopic (exact) mass is 646 g/mol. The van der Waals surface area contributed by atoms with E-state index in [1.165, 1.54) is 13.3 Å². The summed E-state index contributed by atoms with van der Waals surface area (Å²) in [6.07, 6.45) is 1.07. The largest absolute Gasteiger partial charge is 0.493 e. The van der Waals surface area contributed by atoms with E-state index in [1.54, 1.807) is 36.4 Å². The number of hydrogen-bond acceptors (Lipinski definition) is 6. The van der Waals surface area contributed by atoms with E-state index in [1.807, 2.05) is 24.3 Å². The number of anilines is 1. The molecule has 0 saturated heterocycles. The maximum Gasteiger partial charge on any atom is 0.249 e. The molecule has 0 aliphatic rings. The number of nitriles is 1. The molecule has 0 unspecified atom stereocenters. The van der Waals surface area contributed by atoms with Crippen LogP contribution >= 0.6 is 38.5 Å². The second kappa shape index (κ2) is 12.9. The number of hydrazone groups is 1. The van der Waals surface area contributed by atoms with Crippen molar-refractivity contribution in [3.05, 3.63) is 85.4 Å². The van der Waals surface area contributed by atoms with Gasteiger partial charge in [-0.25, -0.2) is 5.43 Å². The average molecular weight is 647 g/mol. The molecule has 3 aromatic carbocycles. The summed E-state index contributed by atoms with van der Waals surface area (Å²) >= 11 is 5.45. The quantitative estimate of drug-likeness (QED) is 0.147. The molecule has 8 nitrogen and oxygen atoms in total. The summed E-state index contributed by atoms with van der Waals surface area (Å²) in [4.78, 5) is 24.2. The van der Waals surface area contributed by atoms with Crippen LogP contribution in [0.2, 0.25) is 0 Å². The number of halogens is 2. The molecule has 0 heterocycles. The maximum absolute atomic E-state index is 12.1. The molecule has 3 rings (SSSR count). The van der Waals surface area contributed by atoms with Crippen molar-refractivity contribution in [3.63, 3.8) is 0 Å². The van der Waals surface area contributed by atoms with Gasteiger partial charge in [0.15, 0.2) is 11.5 Å². The van der Waals surface area contributed by atoms with Crippen molar-refractivity contribution in [3.8, 4) is 17.6 Å². The molecule has 0 bridgehead atoms. The first-order valence-corrected chi connectivity index (χ1v) is 12.1. The number of carbonyl (C=O) groups excluding carboxylic acids is 2. The van der Waals surface area contributed by atoms with Crippen molar-refractivity contribution in [1.29, 1.82) is 5.26 Å². The van der Waals surface area contributed by atoms with Gasteiger partial charge in [0.2, 0.25) is 11.8 Å². The van der Waals surface area contributed by atoms with Crippen molar-refractivity contribution in [2.45, 2.75) is 13.0 Å². The number of amides is 2. The first kappa shape index (κ1) is 26.2. The highest BCUT2D eigenvalue weighted by molar-refractivity contribution is 14.1. The molecule has 0 fully saturated rings. The molecule has 0 radical (unpaired) electrons. The summed E-state index contributed by atoms with van der Waals surface area (Å²) in [6, 6.07) is 20.0. The van der Waals surface area contributed by atoms with Crippen molar-refractivity contribution < 1.29 is 19.1 Å². The minimum atomic E-state index is -0.552. The van der Waals surface area contributed by atoms with Gasteiger partial charge >= 0.3 is 0 Å². The third-order valence-corrected chi connectivity index (χ3v) is 6.13. The minimum absolute atomic E-state index is 0.210. The minimum Gasteiger partial charge on any atom is -0.493 e. The normalized spacial score (nSPS) is 10.5. The number of nitrogens with zero attached hydrogens (tertiary/aromatic N) is 2. The van der Waals surface area contributed by atoms with Crippen LogP contribution in [0.25, 0.3) is 0 Å². The maximum atomic E-state index is 12.1. The fraction of sp³-hybridized carbons (Fsp3) is 0.120. The molecular formula is C25H20BrIN4O4. The molecule has 10 heteroatoms. The van der Waals surface area contributed by atoms with E-state index in [0.717, 1.165) is 13.6 Å². The Morgan fingerprint density at radius 3 is 2.63 bits per heavy atom. The Kier molecular flexibility index (Phi) is 9.63. The van der Waals surface area contributed by atoms with E-state index < -0.39 is 11.8 Å². The lowest BCUT2D eigenvalue weighted by Gasteiger charge is -2.14. The summed E-state index contributed by atoms with van der Waals surface area (Å²) in [5.41, 5.74) is 4.90. The number of carbonyl (C=O) groups is 2. The van der Waals surface area contributed by atoms with Gasteiger partial charge in [-0.15, -0.1) is 0 Å². The zero-order valence-electron chi connectivity index (χ0n) is 18.5. The fourth-order valence-electron chi connectivity index (χ4n) is 2.98. The van der Waals surface area contributed by atoms with Gasteiger partial charge in [-0.3, -0.25) is 9.59 Å². The Hall–Kier alpha value is -3.43. The average Bonchev–Trinajstić information content (AvgIpc) is 2.84. The standard InChI is InChI=1S/C25H20BrIN4O4/c1-34-22-11-16(10-20(27)25(22)35-15-18-7-3-2-6-17(18)13-28)14-29-31-24(33)12-23(32)30-21-9-5-4-8-19(21)26/h2-11,14H,12,15H2,1H3,(H,30,32)(H,31,33). The Balaban J connectivity index is 1.60. The molecule has 0 atom stereocenters. The van der Waals surface area contributed by atoms with Gasteiger partial charge in [-0.1, -0.05) is 30.3 Å². The fourth-order valence-corrected chi connectivity index (χ4v) is 4.15. The molecule has 0 aliphatic heterocycles. The summed E-state index contributed by atoms with van der Waals surface area (Å²) in [6.45, 7) is 0.210. The number of nitrogens with one attached hydrogen (secondary N) is 2. The number of benzene rings is 3. The van der Waals surface area contributed by atoms with Crippen LogP contribution in [0, 0.1) is 14.9 Å². The number of ether oxygens (including phenoxy) is 2. The Labute approximate surface area is 224 Å². The summed E-state index contributed by atoms with van der Waals surface area (Å²) in [5.74, 6) is 0.00145. The van der Waals surface area contributed by atoms with E-state index in [9.17, 15) is 14.9 Å². The second-order valence-electron chi connectivity index (χ2n) is 7.09. The van der Waals surface area contributed by atoms with E-state index in [-0.39, 0.29) is 13.0 Å². The van der Waals surface area contributed by atoms with Crippen LogP contribution in [-0.2, 0) is 16.2 Å². The Morgan fingerprint density at radius 2 is 1.89 bits per heavy atom. The zero-order chi connectivity index (χ0) is 25.2. The molecule has 0 aromatic heterocycles. The van der Waals surface area contributed by atoms with Crippen LogP contribution in [0.5, 0.6) is 11.5 Å². The highest BCUT2D eigenvalue weighted by Gasteiger charge is 2.13. The van der Waals surface area contributed by atoms with Gasteiger partial charge in [-0.2, -0.15) is 10.4 Å². The Bertz CT molecular complexity index is 1310. The molecule has 2 amide bonds. The van der Waals surface area contributed by atoms with Crippen molar-refractivity contribution >= 4 is 62.2 Å². The smallest absolute Gasteiger partial charge is 0.249 e. The zero-order valence-corrected chi connectivity index (χ0v) is 22.3. The van der Waals surface area contributed by atoms with Gasteiger partial charge in [0.1, 0.15) is 13.0 Å². The molecule has 178 valence electrons. The number of hydrogen-bond donors (Lipinski definition) is 2. The molecule has 3 aromatic rings. The third kappa shape index (κ3) is 7.53. The molecule has 0 saturated carbocycles. The summed E-state index contributed by atoms with van der Waals surface area (Å²) < 4.78 is 12.9. The van der Waals surface area contributed by atoms with Crippen LogP contribution in [-0.4, -0.2) is 25.1 Å². The molecule has 0 spiro atoms. The third-order valence-electron chi connectivity index (χ3n) is 4.63. The van der Waals surface area contributed by atoms with Crippen LogP contribution in [0.3, 0.4) is 0 Å². The van der Waals surface area contributed by atoms with Crippen LogP contribution < -0.4 is 20.2 Å². The predicted octanol–water partition coefficient (Wildman–Crippen LogP) is 4.99. The lowest BCUT2D eigenvalue weighted by molar-refractivity contribution is -0.126. The van der Waals surface area contributed by atoms with E-state index >= 15 is 0 Å². The van der Waals surface area contributed by atoms with E-state index in [2.05, 4.69) is 60.4 Å². The topological polar surface area (TPSA) is 113 Å². The molecule has 0 aliphatic carbocycles. The first-order valence-electron chi connectivity index (χ1n) is 10.3. The van der Waals surface area contributed by atoms with Crippen molar-refractivity contribution in [2.24, 2.45) is 5.10 Å². The SMILES string of the molecule is COc1cc(C=NNC(=O)CC(=O)Nc2ccccc2Br)cc(I)c1OCc1ccccc1C#N.